The Morgan fingerprint density at radius 1 is 1.50 bits per heavy atom. The molecule has 2 saturated heterocycles. The minimum atomic E-state index is 0.180. The van der Waals surface area contributed by atoms with E-state index in [1.54, 1.807) is 6.20 Å². The number of piperidine rings is 1. The topological polar surface area (TPSA) is 62.0 Å². The zero-order valence-electron chi connectivity index (χ0n) is 9.90. The standard InChI is InChI=1S/C12H13ClN4O/c13-11-9(4-14)15-5-10(16-11)17-3-1-2-12(6-17)7-18-8-12/h5H,1-3,6-8H2. The van der Waals surface area contributed by atoms with Crippen LogP contribution in [0.4, 0.5) is 5.82 Å². The molecule has 0 bridgehead atoms. The number of aromatic nitrogens is 2. The summed E-state index contributed by atoms with van der Waals surface area (Å²) in [6.07, 6.45) is 3.96. The molecule has 6 heteroatoms. The van der Waals surface area contributed by atoms with Crippen molar-refractivity contribution in [1.29, 1.82) is 5.26 Å². The second-order valence-corrected chi connectivity index (χ2v) is 5.36. The number of hydrogen-bond donors (Lipinski definition) is 0. The average Bonchev–Trinajstić information content (AvgIpc) is 2.37. The molecule has 2 aliphatic heterocycles. The van der Waals surface area contributed by atoms with Gasteiger partial charge < -0.3 is 9.64 Å². The molecule has 0 unspecified atom stereocenters. The van der Waals surface area contributed by atoms with Crippen molar-refractivity contribution in [1.82, 2.24) is 9.97 Å². The maximum atomic E-state index is 8.78. The third-order valence-corrected chi connectivity index (χ3v) is 3.89. The zero-order chi connectivity index (χ0) is 12.6. The maximum absolute atomic E-state index is 8.78. The van der Waals surface area contributed by atoms with Crippen LogP contribution in [0.1, 0.15) is 18.5 Å². The van der Waals surface area contributed by atoms with Crippen LogP contribution in [0.15, 0.2) is 6.20 Å². The van der Waals surface area contributed by atoms with Crippen molar-refractivity contribution in [3.63, 3.8) is 0 Å². The zero-order valence-corrected chi connectivity index (χ0v) is 10.7. The van der Waals surface area contributed by atoms with E-state index in [0.29, 0.717) is 5.41 Å². The SMILES string of the molecule is N#Cc1ncc(N2CCCC3(COC3)C2)nc1Cl. The minimum absolute atomic E-state index is 0.180. The molecule has 18 heavy (non-hydrogen) atoms. The number of anilines is 1. The van der Waals surface area contributed by atoms with Gasteiger partial charge in [0.25, 0.3) is 0 Å². The summed E-state index contributed by atoms with van der Waals surface area (Å²) in [5, 5.41) is 8.96. The fraction of sp³-hybridized carbons (Fsp3) is 0.583. The van der Waals surface area contributed by atoms with Gasteiger partial charge in [0, 0.05) is 18.5 Å². The number of hydrogen-bond acceptors (Lipinski definition) is 5. The van der Waals surface area contributed by atoms with Crippen molar-refractivity contribution in [3.8, 4) is 6.07 Å². The van der Waals surface area contributed by atoms with E-state index in [-0.39, 0.29) is 10.8 Å². The molecule has 3 rings (SSSR count). The Kier molecular flexibility index (Phi) is 2.84. The number of nitriles is 1. The van der Waals surface area contributed by atoms with Gasteiger partial charge in [-0.2, -0.15) is 5.26 Å². The second kappa shape index (κ2) is 4.38. The first-order chi connectivity index (χ1) is 8.72. The van der Waals surface area contributed by atoms with Gasteiger partial charge >= 0.3 is 0 Å². The molecule has 5 nitrogen and oxygen atoms in total. The van der Waals surface area contributed by atoms with E-state index in [4.69, 9.17) is 21.6 Å². The second-order valence-electron chi connectivity index (χ2n) is 5.00. The largest absolute Gasteiger partial charge is 0.380 e. The fourth-order valence-electron chi connectivity index (χ4n) is 2.62. The van der Waals surface area contributed by atoms with Gasteiger partial charge in [-0.3, -0.25) is 0 Å². The summed E-state index contributed by atoms with van der Waals surface area (Å²) >= 11 is 5.92. The van der Waals surface area contributed by atoms with Crippen molar-refractivity contribution in [2.45, 2.75) is 12.8 Å². The molecule has 0 N–H and O–H groups in total. The van der Waals surface area contributed by atoms with Crippen LogP contribution in [-0.2, 0) is 4.74 Å². The predicted octanol–water partition coefficient (Wildman–Crippen LogP) is 1.62. The van der Waals surface area contributed by atoms with E-state index < -0.39 is 0 Å². The molecule has 0 radical (unpaired) electrons. The molecular weight excluding hydrogens is 252 g/mol. The summed E-state index contributed by atoms with van der Waals surface area (Å²) in [4.78, 5) is 10.5. The molecule has 2 fully saturated rings. The van der Waals surface area contributed by atoms with E-state index in [9.17, 15) is 0 Å². The summed E-state index contributed by atoms with van der Waals surface area (Å²) < 4.78 is 5.33. The lowest BCUT2D eigenvalue weighted by molar-refractivity contribution is -0.117. The quantitative estimate of drug-likeness (QED) is 0.771. The van der Waals surface area contributed by atoms with Gasteiger partial charge in [-0.05, 0) is 12.8 Å². The molecule has 0 aromatic carbocycles. The third kappa shape index (κ3) is 1.92. The highest BCUT2D eigenvalue weighted by Crippen LogP contribution is 2.38. The number of halogens is 1. The molecule has 94 valence electrons. The van der Waals surface area contributed by atoms with E-state index >= 15 is 0 Å². The summed E-state index contributed by atoms with van der Waals surface area (Å²) in [5.74, 6) is 0.755. The summed E-state index contributed by atoms with van der Waals surface area (Å²) in [6.45, 7) is 3.56. The van der Waals surface area contributed by atoms with Crippen LogP contribution in [0.2, 0.25) is 5.15 Å². The van der Waals surface area contributed by atoms with E-state index in [1.165, 1.54) is 6.42 Å². The van der Waals surface area contributed by atoms with Crippen LogP contribution in [0, 0.1) is 16.7 Å². The van der Waals surface area contributed by atoms with Crippen LogP contribution in [-0.4, -0.2) is 36.3 Å². The Bertz CT molecular complexity index is 509. The van der Waals surface area contributed by atoms with Crippen molar-refractivity contribution in [2.75, 3.05) is 31.2 Å². The van der Waals surface area contributed by atoms with Gasteiger partial charge in [0.15, 0.2) is 10.8 Å². The van der Waals surface area contributed by atoms with E-state index in [2.05, 4.69) is 14.9 Å². The average molecular weight is 265 g/mol. The summed E-state index contributed by atoms with van der Waals surface area (Å²) in [6, 6.07) is 1.92. The Labute approximate surface area is 110 Å². The number of rotatable bonds is 1. The van der Waals surface area contributed by atoms with Crippen LogP contribution in [0.5, 0.6) is 0 Å². The maximum Gasteiger partial charge on any atom is 0.178 e. The third-order valence-electron chi connectivity index (χ3n) is 3.63. The lowest BCUT2D eigenvalue weighted by Gasteiger charge is -2.48. The smallest absolute Gasteiger partial charge is 0.178 e. The van der Waals surface area contributed by atoms with Crippen molar-refractivity contribution < 1.29 is 4.74 Å². The van der Waals surface area contributed by atoms with Gasteiger partial charge in [-0.15, -0.1) is 0 Å². The van der Waals surface area contributed by atoms with E-state index in [0.717, 1.165) is 38.5 Å². The molecule has 0 atom stereocenters. The molecule has 1 spiro atoms. The Balaban J connectivity index is 1.82. The fourth-order valence-corrected chi connectivity index (χ4v) is 2.79. The minimum Gasteiger partial charge on any atom is -0.380 e. The first-order valence-corrected chi connectivity index (χ1v) is 6.36. The highest BCUT2D eigenvalue weighted by molar-refractivity contribution is 6.30. The first-order valence-electron chi connectivity index (χ1n) is 5.98. The van der Waals surface area contributed by atoms with Gasteiger partial charge in [-0.25, -0.2) is 9.97 Å². The monoisotopic (exact) mass is 264 g/mol. The number of nitrogens with zero attached hydrogens (tertiary/aromatic N) is 4. The molecule has 3 heterocycles. The summed E-state index contributed by atoms with van der Waals surface area (Å²) in [7, 11) is 0. The Morgan fingerprint density at radius 3 is 2.94 bits per heavy atom. The van der Waals surface area contributed by atoms with Gasteiger partial charge in [0.05, 0.1) is 19.4 Å². The summed E-state index contributed by atoms with van der Waals surface area (Å²) in [5.41, 5.74) is 0.472. The molecule has 0 saturated carbocycles. The highest BCUT2D eigenvalue weighted by Gasteiger charge is 2.42. The Morgan fingerprint density at radius 2 is 2.33 bits per heavy atom. The van der Waals surface area contributed by atoms with Crippen LogP contribution < -0.4 is 4.90 Å². The van der Waals surface area contributed by atoms with Gasteiger partial charge in [0.1, 0.15) is 11.9 Å². The lowest BCUT2D eigenvalue weighted by Crippen LogP contribution is -2.54. The van der Waals surface area contributed by atoms with Crippen LogP contribution in [0.25, 0.3) is 0 Å². The van der Waals surface area contributed by atoms with Gasteiger partial charge in [0.2, 0.25) is 0 Å². The normalized spacial score (nSPS) is 21.4. The van der Waals surface area contributed by atoms with Crippen LogP contribution >= 0.6 is 11.6 Å². The molecule has 2 aliphatic rings. The highest BCUT2D eigenvalue weighted by atomic mass is 35.5. The number of ether oxygens (including phenoxy) is 1. The molecule has 0 amide bonds. The van der Waals surface area contributed by atoms with E-state index in [1.807, 2.05) is 6.07 Å². The molecule has 1 aromatic rings. The predicted molar refractivity (Wildman–Crippen MR) is 66.5 cm³/mol. The Hall–Kier alpha value is -1.38. The van der Waals surface area contributed by atoms with Crippen molar-refractivity contribution >= 4 is 17.4 Å². The van der Waals surface area contributed by atoms with Crippen molar-refractivity contribution in [2.24, 2.45) is 5.41 Å². The van der Waals surface area contributed by atoms with Crippen LogP contribution in [0.3, 0.4) is 0 Å². The first kappa shape index (κ1) is 11.7. The lowest BCUT2D eigenvalue weighted by atomic mass is 9.78. The van der Waals surface area contributed by atoms with Gasteiger partial charge in [-0.1, -0.05) is 11.6 Å². The molecule has 0 aliphatic carbocycles. The molecule has 1 aromatic heterocycles. The van der Waals surface area contributed by atoms with Crippen molar-refractivity contribution in [3.05, 3.63) is 17.0 Å². The molecular formula is C12H13ClN4O.